The van der Waals surface area contributed by atoms with Crippen LogP contribution in [0.5, 0.6) is 11.5 Å². The lowest BCUT2D eigenvalue weighted by atomic mass is 10.1. The predicted octanol–water partition coefficient (Wildman–Crippen LogP) is 2.21. The topological polar surface area (TPSA) is 146 Å². The van der Waals surface area contributed by atoms with Gasteiger partial charge in [0, 0.05) is 23.3 Å². The van der Waals surface area contributed by atoms with Gasteiger partial charge >= 0.3 is 0 Å². The van der Waals surface area contributed by atoms with Crippen molar-refractivity contribution in [2.24, 2.45) is 5.10 Å². The van der Waals surface area contributed by atoms with Gasteiger partial charge in [0.05, 0.1) is 42.8 Å². The van der Waals surface area contributed by atoms with Crippen LogP contribution in [-0.2, 0) is 11.2 Å². The van der Waals surface area contributed by atoms with Crippen LogP contribution in [0, 0.1) is 20.2 Å². The Balaban J connectivity index is 2.13. The van der Waals surface area contributed by atoms with Crippen molar-refractivity contribution in [2.75, 3.05) is 14.2 Å². The van der Waals surface area contributed by atoms with Crippen LogP contribution in [-0.4, -0.2) is 36.2 Å². The fourth-order valence-corrected chi connectivity index (χ4v) is 2.33. The van der Waals surface area contributed by atoms with E-state index in [9.17, 15) is 25.0 Å². The highest BCUT2D eigenvalue weighted by molar-refractivity contribution is 5.84. The molecule has 0 saturated carbocycles. The standard InChI is InChI=1S/C17H16N4O7/c1-27-15-7-12(14(21(25)26)9-16(15)28-2)8-17(22)19-18-10-11-4-3-5-13(6-11)20(23)24/h3-7,9-10H,8H2,1-2H3,(H,19,22). The lowest BCUT2D eigenvalue weighted by Crippen LogP contribution is -2.20. The molecule has 0 aliphatic heterocycles. The van der Waals surface area contributed by atoms with Crippen LogP contribution < -0.4 is 14.9 Å². The van der Waals surface area contributed by atoms with Gasteiger partial charge in [-0.3, -0.25) is 25.0 Å². The van der Waals surface area contributed by atoms with Gasteiger partial charge in [0.25, 0.3) is 11.4 Å². The predicted molar refractivity (Wildman–Crippen MR) is 98.7 cm³/mol. The Morgan fingerprint density at radius 1 is 1.11 bits per heavy atom. The number of amides is 1. The summed E-state index contributed by atoms with van der Waals surface area (Å²) in [6.07, 6.45) is 0.900. The minimum atomic E-state index is -0.628. The molecule has 11 nitrogen and oxygen atoms in total. The van der Waals surface area contributed by atoms with Crippen LogP contribution in [0.15, 0.2) is 41.5 Å². The lowest BCUT2D eigenvalue weighted by Gasteiger charge is -2.10. The van der Waals surface area contributed by atoms with E-state index >= 15 is 0 Å². The molecule has 2 rings (SSSR count). The molecule has 0 bridgehead atoms. The molecule has 0 aliphatic rings. The maximum atomic E-state index is 12.1. The van der Waals surface area contributed by atoms with Gasteiger partial charge < -0.3 is 9.47 Å². The summed E-state index contributed by atoms with van der Waals surface area (Å²) in [5.74, 6) is -0.199. The zero-order valence-electron chi connectivity index (χ0n) is 14.9. The van der Waals surface area contributed by atoms with E-state index in [4.69, 9.17) is 9.47 Å². The molecule has 0 aliphatic carbocycles. The monoisotopic (exact) mass is 388 g/mol. The number of methoxy groups -OCH3 is 2. The fraction of sp³-hybridized carbons (Fsp3) is 0.176. The van der Waals surface area contributed by atoms with Gasteiger partial charge in [-0.25, -0.2) is 5.43 Å². The van der Waals surface area contributed by atoms with Crippen molar-refractivity contribution in [3.05, 3.63) is 67.8 Å². The first-order chi connectivity index (χ1) is 13.3. The molecule has 0 atom stereocenters. The number of rotatable bonds is 8. The van der Waals surface area contributed by atoms with Crippen molar-refractivity contribution >= 4 is 23.5 Å². The average Bonchev–Trinajstić information content (AvgIpc) is 2.67. The molecule has 0 heterocycles. The van der Waals surface area contributed by atoms with Crippen LogP contribution in [0.25, 0.3) is 0 Å². The number of nitro groups is 2. The smallest absolute Gasteiger partial charge is 0.277 e. The minimum Gasteiger partial charge on any atom is -0.493 e. The highest BCUT2D eigenvalue weighted by atomic mass is 16.6. The second-order valence-corrected chi connectivity index (χ2v) is 5.42. The number of nitro benzene ring substituents is 2. The quantitative estimate of drug-likeness (QED) is 0.414. The number of benzene rings is 2. The van der Waals surface area contributed by atoms with E-state index in [1.807, 2.05) is 0 Å². The third-order valence-electron chi connectivity index (χ3n) is 3.62. The summed E-state index contributed by atoms with van der Waals surface area (Å²) in [6.45, 7) is 0. The van der Waals surface area contributed by atoms with Crippen molar-refractivity contribution in [3.8, 4) is 11.5 Å². The summed E-state index contributed by atoms with van der Waals surface area (Å²) in [5.41, 5.74) is 2.34. The van der Waals surface area contributed by atoms with Crippen LogP contribution >= 0.6 is 0 Å². The van der Waals surface area contributed by atoms with Gasteiger partial charge in [0.15, 0.2) is 11.5 Å². The van der Waals surface area contributed by atoms with Gasteiger partial charge in [-0.1, -0.05) is 12.1 Å². The minimum absolute atomic E-state index is 0.115. The molecule has 0 aromatic heterocycles. The van der Waals surface area contributed by atoms with Crippen molar-refractivity contribution in [3.63, 3.8) is 0 Å². The summed E-state index contributed by atoms with van der Waals surface area (Å²) in [5, 5.41) is 25.7. The largest absolute Gasteiger partial charge is 0.493 e. The van der Waals surface area contributed by atoms with E-state index in [1.54, 1.807) is 6.07 Å². The molecule has 0 fully saturated rings. The van der Waals surface area contributed by atoms with Crippen molar-refractivity contribution in [1.82, 2.24) is 5.43 Å². The number of hydrazone groups is 1. The first-order valence-corrected chi connectivity index (χ1v) is 7.81. The van der Waals surface area contributed by atoms with E-state index in [0.717, 1.165) is 0 Å². The molecular formula is C17H16N4O7. The summed E-state index contributed by atoms with van der Waals surface area (Å²) in [6, 6.07) is 8.19. The number of non-ortho nitro benzene ring substituents is 1. The normalized spacial score (nSPS) is 10.5. The highest BCUT2D eigenvalue weighted by Gasteiger charge is 2.21. The van der Waals surface area contributed by atoms with Crippen LogP contribution in [0.2, 0.25) is 0 Å². The van der Waals surface area contributed by atoms with Crippen molar-refractivity contribution in [1.29, 1.82) is 0 Å². The van der Waals surface area contributed by atoms with Crippen molar-refractivity contribution < 1.29 is 24.1 Å². The van der Waals surface area contributed by atoms with E-state index in [1.165, 1.54) is 50.8 Å². The molecule has 2 aromatic carbocycles. The molecule has 1 amide bonds. The number of carbonyl (C=O) groups excluding carboxylic acids is 1. The number of hydrogen-bond donors (Lipinski definition) is 1. The summed E-state index contributed by atoms with van der Waals surface area (Å²) in [7, 11) is 2.72. The molecular weight excluding hydrogens is 372 g/mol. The van der Waals surface area contributed by atoms with E-state index in [2.05, 4.69) is 10.5 Å². The Kier molecular flexibility index (Phi) is 6.58. The number of ether oxygens (including phenoxy) is 2. The second-order valence-electron chi connectivity index (χ2n) is 5.42. The molecule has 2 aromatic rings. The van der Waals surface area contributed by atoms with E-state index < -0.39 is 15.8 Å². The highest BCUT2D eigenvalue weighted by Crippen LogP contribution is 2.34. The number of nitrogens with zero attached hydrogens (tertiary/aromatic N) is 3. The van der Waals surface area contributed by atoms with Gasteiger partial charge in [0.2, 0.25) is 5.91 Å². The molecule has 146 valence electrons. The Bertz CT molecular complexity index is 943. The maximum Gasteiger partial charge on any atom is 0.277 e. The summed E-state index contributed by atoms with van der Waals surface area (Å²) >= 11 is 0. The molecule has 0 saturated heterocycles. The van der Waals surface area contributed by atoms with Crippen LogP contribution in [0.4, 0.5) is 11.4 Å². The number of hydrogen-bond acceptors (Lipinski definition) is 8. The Hall–Kier alpha value is -4.02. The number of nitrogens with one attached hydrogen (secondary N) is 1. The molecule has 1 N–H and O–H groups in total. The van der Waals surface area contributed by atoms with Crippen molar-refractivity contribution in [2.45, 2.75) is 6.42 Å². The molecule has 0 radical (unpaired) electrons. The SMILES string of the molecule is COc1cc(CC(=O)NN=Cc2cccc([N+](=O)[O-])c2)c([N+](=O)[O-])cc1OC. The molecule has 28 heavy (non-hydrogen) atoms. The first-order valence-electron chi connectivity index (χ1n) is 7.81. The average molecular weight is 388 g/mol. The second kappa shape index (κ2) is 9.07. The van der Waals surface area contributed by atoms with Gasteiger partial charge in [-0.15, -0.1) is 0 Å². The van der Waals surface area contributed by atoms with Gasteiger partial charge in [-0.05, 0) is 6.07 Å². The Labute approximate surface area is 158 Å². The van der Waals surface area contributed by atoms with Gasteiger partial charge in [-0.2, -0.15) is 5.10 Å². The first kappa shape index (κ1) is 20.3. The number of carbonyl (C=O) groups is 1. The zero-order valence-corrected chi connectivity index (χ0v) is 14.9. The molecule has 0 unspecified atom stereocenters. The van der Waals surface area contributed by atoms with Crippen LogP contribution in [0.3, 0.4) is 0 Å². The lowest BCUT2D eigenvalue weighted by molar-refractivity contribution is -0.385. The van der Waals surface area contributed by atoms with Gasteiger partial charge in [0.1, 0.15) is 0 Å². The third kappa shape index (κ3) is 5.00. The van der Waals surface area contributed by atoms with Crippen LogP contribution in [0.1, 0.15) is 11.1 Å². The summed E-state index contributed by atoms with van der Waals surface area (Å²) < 4.78 is 10.1. The zero-order chi connectivity index (χ0) is 20.7. The van der Waals surface area contributed by atoms with E-state index in [0.29, 0.717) is 5.56 Å². The Morgan fingerprint density at radius 2 is 1.79 bits per heavy atom. The maximum absolute atomic E-state index is 12.1. The fourth-order valence-electron chi connectivity index (χ4n) is 2.33. The summed E-state index contributed by atoms with van der Waals surface area (Å²) in [4.78, 5) is 32.9. The molecule has 0 spiro atoms. The van der Waals surface area contributed by atoms with E-state index in [-0.39, 0.29) is 34.9 Å². The Morgan fingerprint density at radius 3 is 2.39 bits per heavy atom. The molecule has 11 heteroatoms. The third-order valence-corrected chi connectivity index (χ3v) is 3.62.